The quantitative estimate of drug-likeness (QED) is 0.647. The van der Waals surface area contributed by atoms with Crippen molar-refractivity contribution in [2.75, 3.05) is 19.7 Å². The van der Waals surface area contributed by atoms with Crippen molar-refractivity contribution < 1.29 is 23.4 Å². The minimum Gasteiger partial charge on any atom is -0.466 e. The van der Waals surface area contributed by atoms with Crippen LogP contribution in [0.2, 0.25) is 0 Å². The van der Waals surface area contributed by atoms with Crippen molar-refractivity contribution in [3.8, 4) is 0 Å². The van der Waals surface area contributed by atoms with Crippen molar-refractivity contribution in [2.24, 2.45) is 0 Å². The van der Waals surface area contributed by atoms with Gasteiger partial charge in [-0.2, -0.15) is 0 Å². The molecule has 1 unspecified atom stereocenters. The van der Waals surface area contributed by atoms with Crippen LogP contribution < -0.4 is 0 Å². The van der Waals surface area contributed by atoms with Crippen molar-refractivity contribution in [3.05, 3.63) is 71.3 Å². The zero-order chi connectivity index (χ0) is 21.6. The second-order valence-electron chi connectivity index (χ2n) is 7.74. The number of benzene rings is 2. The van der Waals surface area contributed by atoms with Gasteiger partial charge in [-0.05, 0) is 74.7 Å². The van der Waals surface area contributed by atoms with E-state index in [4.69, 9.17) is 4.74 Å². The minimum absolute atomic E-state index is 0.152. The van der Waals surface area contributed by atoms with Crippen LogP contribution in [0.5, 0.6) is 0 Å². The number of carbonyl (C=O) groups excluding carboxylic acids is 1. The van der Waals surface area contributed by atoms with E-state index < -0.39 is 23.3 Å². The average molecular weight is 417 g/mol. The van der Waals surface area contributed by atoms with Crippen molar-refractivity contribution in [2.45, 2.75) is 50.7 Å². The third-order valence-electron chi connectivity index (χ3n) is 5.81. The lowest BCUT2D eigenvalue weighted by atomic mass is 9.77. The largest absolute Gasteiger partial charge is 0.466 e. The maximum Gasteiger partial charge on any atom is 0.305 e. The second kappa shape index (κ2) is 10.1. The number of rotatable bonds is 8. The van der Waals surface area contributed by atoms with Crippen LogP contribution in [-0.4, -0.2) is 41.7 Å². The second-order valence-corrected chi connectivity index (χ2v) is 7.74. The van der Waals surface area contributed by atoms with Crippen LogP contribution in [-0.2, 0) is 15.1 Å². The highest BCUT2D eigenvalue weighted by Crippen LogP contribution is 2.39. The van der Waals surface area contributed by atoms with Crippen LogP contribution in [0.25, 0.3) is 0 Å². The zero-order valence-corrected chi connectivity index (χ0v) is 17.3. The summed E-state index contributed by atoms with van der Waals surface area (Å²) < 4.78 is 32.3. The van der Waals surface area contributed by atoms with Crippen LogP contribution in [0.4, 0.5) is 8.78 Å². The molecule has 0 amide bonds. The highest BCUT2D eigenvalue weighted by molar-refractivity contribution is 5.69. The topological polar surface area (TPSA) is 49.8 Å². The Labute approximate surface area is 176 Å². The van der Waals surface area contributed by atoms with E-state index in [2.05, 4.69) is 4.90 Å². The predicted molar refractivity (Wildman–Crippen MR) is 111 cm³/mol. The molecular weight excluding hydrogens is 388 g/mol. The van der Waals surface area contributed by atoms with Crippen LogP contribution in [0.15, 0.2) is 48.5 Å². The molecule has 1 N–H and O–H groups in total. The number of nitrogens with zero attached hydrogens (tertiary/aromatic N) is 1. The van der Waals surface area contributed by atoms with Gasteiger partial charge >= 0.3 is 5.97 Å². The molecule has 162 valence electrons. The van der Waals surface area contributed by atoms with Crippen LogP contribution in [0.3, 0.4) is 0 Å². The van der Waals surface area contributed by atoms with E-state index in [0.29, 0.717) is 24.2 Å². The Kier molecular flexibility index (Phi) is 7.56. The van der Waals surface area contributed by atoms with Gasteiger partial charge in [-0.1, -0.05) is 30.7 Å². The molecule has 1 saturated heterocycles. The number of halogens is 2. The first-order valence-electron chi connectivity index (χ1n) is 10.6. The van der Waals surface area contributed by atoms with Gasteiger partial charge in [0.2, 0.25) is 0 Å². The lowest BCUT2D eigenvalue weighted by Crippen LogP contribution is -2.53. The number of aliphatic hydroxyl groups is 1. The van der Waals surface area contributed by atoms with Gasteiger partial charge in [0.05, 0.1) is 6.61 Å². The van der Waals surface area contributed by atoms with Gasteiger partial charge in [-0.25, -0.2) is 8.78 Å². The monoisotopic (exact) mass is 417 g/mol. The maximum atomic E-state index is 13.6. The molecule has 1 fully saturated rings. The fourth-order valence-corrected chi connectivity index (χ4v) is 4.33. The van der Waals surface area contributed by atoms with E-state index in [1.165, 1.54) is 24.3 Å². The number of piperidine rings is 1. The first-order valence-corrected chi connectivity index (χ1v) is 10.6. The Bertz CT molecular complexity index is 772. The van der Waals surface area contributed by atoms with E-state index >= 15 is 0 Å². The molecule has 0 aliphatic carbocycles. The van der Waals surface area contributed by atoms with Gasteiger partial charge < -0.3 is 9.84 Å². The van der Waals surface area contributed by atoms with Crippen LogP contribution in [0.1, 0.15) is 50.2 Å². The number of likely N-dealkylation sites (tertiary alicyclic amines) is 1. The Morgan fingerprint density at radius 3 is 1.97 bits per heavy atom. The van der Waals surface area contributed by atoms with Crippen molar-refractivity contribution in [1.82, 2.24) is 4.90 Å². The van der Waals surface area contributed by atoms with Crippen molar-refractivity contribution in [1.29, 1.82) is 0 Å². The highest BCUT2D eigenvalue weighted by atomic mass is 19.1. The lowest BCUT2D eigenvalue weighted by Gasteiger charge is -2.45. The van der Waals surface area contributed by atoms with Crippen molar-refractivity contribution >= 4 is 5.97 Å². The summed E-state index contributed by atoms with van der Waals surface area (Å²) in [5.41, 5.74) is -0.518. The summed E-state index contributed by atoms with van der Waals surface area (Å²) in [6, 6.07) is 11.0. The molecular formula is C24H29F2NO3. The molecule has 1 heterocycles. The third-order valence-corrected chi connectivity index (χ3v) is 5.81. The number of ether oxygens (including phenoxy) is 1. The summed E-state index contributed by atoms with van der Waals surface area (Å²) in [5.74, 6) is -1.12. The predicted octanol–water partition coefficient (Wildman–Crippen LogP) is 4.40. The molecule has 6 heteroatoms. The highest BCUT2D eigenvalue weighted by Gasteiger charge is 2.43. The Morgan fingerprint density at radius 1 is 1.00 bits per heavy atom. The SMILES string of the molecule is CCOC(=O)CCC(N1CCCCC1)C(O)(c1ccc(F)cc1)c1ccc(F)cc1. The summed E-state index contributed by atoms with van der Waals surface area (Å²) >= 11 is 0. The van der Waals surface area contributed by atoms with E-state index in [9.17, 15) is 18.7 Å². The molecule has 0 spiro atoms. The first-order chi connectivity index (χ1) is 14.4. The number of carbonyl (C=O) groups is 1. The fourth-order valence-electron chi connectivity index (χ4n) is 4.33. The molecule has 3 rings (SSSR count). The lowest BCUT2D eigenvalue weighted by molar-refractivity contribution is -0.144. The summed E-state index contributed by atoms with van der Waals surface area (Å²) in [4.78, 5) is 14.3. The molecule has 1 aliphatic rings. The zero-order valence-electron chi connectivity index (χ0n) is 17.3. The molecule has 0 aromatic heterocycles. The summed E-state index contributed by atoms with van der Waals surface area (Å²) in [6.07, 6.45) is 3.63. The molecule has 0 saturated carbocycles. The molecule has 30 heavy (non-hydrogen) atoms. The van der Waals surface area contributed by atoms with Crippen LogP contribution >= 0.6 is 0 Å². The first kappa shape index (κ1) is 22.4. The number of esters is 1. The van der Waals surface area contributed by atoms with Gasteiger partial charge in [-0.15, -0.1) is 0 Å². The van der Waals surface area contributed by atoms with Crippen molar-refractivity contribution in [3.63, 3.8) is 0 Å². The van der Waals surface area contributed by atoms with Gasteiger partial charge in [0.25, 0.3) is 0 Å². The molecule has 2 aromatic rings. The normalized spacial score (nSPS) is 16.3. The van der Waals surface area contributed by atoms with Crippen LogP contribution in [0, 0.1) is 11.6 Å². The Hall–Kier alpha value is -2.31. The van der Waals surface area contributed by atoms with E-state index in [1.807, 2.05) is 0 Å². The summed E-state index contributed by atoms with van der Waals surface area (Å²) in [7, 11) is 0. The van der Waals surface area contributed by atoms with Gasteiger partial charge in [0, 0.05) is 12.5 Å². The van der Waals surface area contributed by atoms with E-state index in [0.717, 1.165) is 32.4 Å². The van der Waals surface area contributed by atoms with Gasteiger partial charge in [0.15, 0.2) is 0 Å². The molecule has 0 radical (unpaired) electrons. The minimum atomic E-state index is -1.54. The fraction of sp³-hybridized carbons (Fsp3) is 0.458. The number of hydrogen-bond acceptors (Lipinski definition) is 4. The van der Waals surface area contributed by atoms with E-state index in [1.54, 1.807) is 31.2 Å². The molecule has 0 bridgehead atoms. The standard InChI is InChI=1S/C24H29F2NO3/c1-2-30-23(28)15-14-22(27-16-4-3-5-17-27)24(29,18-6-10-20(25)11-7-18)19-8-12-21(26)13-9-19/h6-13,22,29H,2-5,14-17H2,1H3. The smallest absolute Gasteiger partial charge is 0.305 e. The maximum absolute atomic E-state index is 13.6. The third kappa shape index (κ3) is 5.05. The average Bonchev–Trinajstić information content (AvgIpc) is 2.75. The Morgan fingerprint density at radius 2 is 1.50 bits per heavy atom. The molecule has 4 nitrogen and oxygen atoms in total. The molecule has 1 aliphatic heterocycles. The van der Waals surface area contributed by atoms with Gasteiger partial charge in [0.1, 0.15) is 17.2 Å². The molecule has 1 atom stereocenters. The molecule has 2 aromatic carbocycles. The van der Waals surface area contributed by atoms with Gasteiger partial charge in [-0.3, -0.25) is 9.69 Å². The summed E-state index contributed by atoms with van der Waals surface area (Å²) in [6.45, 7) is 3.64. The summed E-state index contributed by atoms with van der Waals surface area (Å²) in [5, 5.41) is 12.2. The Balaban J connectivity index is 2.05. The van der Waals surface area contributed by atoms with E-state index in [-0.39, 0.29) is 12.4 Å². The number of hydrogen-bond donors (Lipinski definition) is 1.